The molecule has 2 aromatic carbocycles. The summed E-state index contributed by atoms with van der Waals surface area (Å²) >= 11 is 8.66. The van der Waals surface area contributed by atoms with Crippen molar-refractivity contribution in [2.45, 2.75) is 46.3 Å². The van der Waals surface area contributed by atoms with Gasteiger partial charge in [0.2, 0.25) is 5.95 Å². The average Bonchev–Trinajstić information content (AvgIpc) is 3.42. The van der Waals surface area contributed by atoms with Crippen LogP contribution in [0.3, 0.4) is 0 Å². The standard InChI is InChI=1S/C34H45N7O6.S4/c1-20(2)46-31(42)22-18-36-32(38-29(22)23-19-41(8)30-21(23)12-11-13-27(30)44-9)37-25-16-24(35)26(17-28(25)45-10)39(6)14-15-40(7)33(43)47-34(3,4)5;1-3-4-2/h11-13,16-20H,14-15,35H2,1-10H3,(H,36,37,38);. The number of nitrogen functional groups attached to an aromatic ring is 1. The van der Waals surface area contributed by atoms with Gasteiger partial charge in [0.05, 0.1) is 48.6 Å². The fourth-order valence-electron chi connectivity index (χ4n) is 5.01. The van der Waals surface area contributed by atoms with Crippen molar-refractivity contribution in [3.8, 4) is 22.8 Å². The molecule has 0 aliphatic carbocycles. The number of ether oxygens (including phenoxy) is 4. The number of esters is 1. The SMILES string of the molecule is COc1cc(N(C)CCN(C)C(=O)OC(C)(C)C)c(N)cc1Nc1ncc(C(=O)OC(C)C)c(-c2cn(C)c3c(OC)cccc23)n1.S=S=S=S. The van der Waals surface area contributed by atoms with Crippen LogP contribution in [0.4, 0.5) is 27.8 Å². The van der Waals surface area contributed by atoms with Crippen LogP contribution in [0.25, 0.3) is 22.2 Å². The molecule has 2 heterocycles. The fourth-order valence-corrected chi connectivity index (χ4v) is 5.01. The van der Waals surface area contributed by atoms with Crippen LogP contribution in [0.5, 0.6) is 11.5 Å². The molecule has 0 atom stereocenters. The molecular weight excluding hydrogens is 731 g/mol. The summed E-state index contributed by atoms with van der Waals surface area (Å²) in [7, 11) is 11.0. The Morgan fingerprint density at radius 2 is 1.73 bits per heavy atom. The molecule has 4 aromatic rings. The van der Waals surface area contributed by atoms with Crippen molar-refractivity contribution in [3.05, 3.63) is 48.3 Å². The van der Waals surface area contributed by atoms with Gasteiger partial charge in [0.1, 0.15) is 22.7 Å². The molecule has 4 rings (SSSR count). The normalized spacial score (nSPS) is 10.9. The predicted molar refractivity (Wildman–Crippen MR) is 213 cm³/mol. The maximum absolute atomic E-state index is 13.2. The Morgan fingerprint density at radius 3 is 2.31 bits per heavy atom. The van der Waals surface area contributed by atoms with Gasteiger partial charge in [-0.2, -0.15) is 0 Å². The Balaban J connectivity index is 0.00000166. The topological polar surface area (TPSA) is 146 Å². The second-order valence-corrected chi connectivity index (χ2v) is 16.2. The number of aromatic nitrogens is 3. The molecule has 0 spiro atoms. The maximum Gasteiger partial charge on any atom is 0.410 e. The number of likely N-dealkylation sites (N-methyl/N-ethyl adjacent to an activating group) is 2. The Labute approximate surface area is 314 Å². The summed E-state index contributed by atoms with van der Waals surface area (Å²) in [6.45, 7) is 9.96. The minimum atomic E-state index is -0.581. The molecule has 0 aliphatic heterocycles. The molecule has 13 nitrogen and oxygen atoms in total. The number of aryl methyl sites for hydroxylation is 1. The maximum atomic E-state index is 13.2. The Bertz CT molecular complexity index is 1940. The smallest absolute Gasteiger partial charge is 0.410 e. The van der Waals surface area contributed by atoms with E-state index in [4.69, 9.17) is 29.7 Å². The van der Waals surface area contributed by atoms with Crippen LogP contribution in [0.1, 0.15) is 45.0 Å². The first-order chi connectivity index (χ1) is 24.0. The van der Waals surface area contributed by atoms with E-state index in [1.165, 1.54) is 28.9 Å². The highest BCUT2D eigenvalue weighted by molar-refractivity contribution is 8.51. The lowest BCUT2D eigenvalue weighted by Gasteiger charge is -2.28. The average molecular weight is 776 g/mol. The third kappa shape index (κ3) is 10.8. The quantitative estimate of drug-likeness (QED) is 0.139. The zero-order valence-electron chi connectivity index (χ0n) is 30.4. The van der Waals surface area contributed by atoms with E-state index < -0.39 is 17.7 Å². The summed E-state index contributed by atoms with van der Waals surface area (Å²) in [6.07, 6.45) is 2.62. The lowest BCUT2D eigenvalue weighted by Crippen LogP contribution is -2.38. The van der Waals surface area contributed by atoms with E-state index >= 15 is 0 Å². The molecular formula is C34H45N7O6S4. The summed E-state index contributed by atoms with van der Waals surface area (Å²) in [5, 5.41) is 4.06. The molecule has 2 aromatic heterocycles. The number of para-hydroxylation sites is 1. The van der Waals surface area contributed by atoms with Crippen LogP contribution in [-0.4, -0.2) is 84.6 Å². The number of benzene rings is 2. The fraction of sp³-hybridized carbons (Fsp3) is 0.412. The zero-order valence-corrected chi connectivity index (χ0v) is 33.7. The van der Waals surface area contributed by atoms with Crippen molar-refractivity contribution in [1.82, 2.24) is 19.4 Å². The number of amides is 1. The number of anilines is 4. The zero-order chi connectivity index (χ0) is 38.0. The first-order valence-corrected chi connectivity index (χ1v) is 19.7. The van der Waals surface area contributed by atoms with E-state index in [9.17, 15) is 9.59 Å². The molecule has 0 saturated heterocycles. The number of hydrogen-bond donors (Lipinski definition) is 2. The van der Waals surface area contributed by atoms with E-state index in [-0.39, 0.29) is 17.6 Å². The highest BCUT2D eigenvalue weighted by Gasteiger charge is 2.24. The lowest BCUT2D eigenvalue weighted by atomic mass is 10.1. The Hall–Kier alpha value is -4.32. The van der Waals surface area contributed by atoms with Gasteiger partial charge in [0.15, 0.2) is 0 Å². The molecule has 17 heteroatoms. The van der Waals surface area contributed by atoms with Gasteiger partial charge in [-0.1, -0.05) is 12.1 Å². The molecule has 0 saturated carbocycles. The van der Waals surface area contributed by atoms with Gasteiger partial charge in [-0.15, -0.1) is 0 Å². The number of methoxy groups -OCH3 is 2. The van der Waals surface area contributed by atoms with E-state index in [0.717, 1.165) is 10.9 Å². The highest BCUT2D eigenvalue weighted by atomic mass is 33.2. The number of carbonyl (C=O) groups excluding carboxylic acids is 2. The summed E-state index contributed by atoms with van der Waals surface area (Å²) in [4.78, 5) is 38.3. The van der Waals surface area contributed by atoms with Crippen LogP contribution in [0.15, 0.2) is 42.7 Å². The van der Waals surface area contributed by atoms with Gasteiger partial charge in [-0.05, 0) is 46.8 Å². The van der Waals surface area contributed by atoms with Crippen molar-refractivity contribution in [2.75, 3.05) is 57.4 Å². The van der Waals surface area contributed by atoms with Crippen LogP contribution in [0.2, 0.25) is 0 Å². The molecule has 3 N–H and O–H groups in total. The number of hydrogen-bond acceptors (Lipinski definition) is 13. The van der Waals surface area contributed by atoms with Gasteiger partial charge in [0, 0.05) is 104 Å². The van der Waals surface area contributed by atoms with E-state index in [1.807, 2.05) is 68.7 Å². The number of nitrogens with one attached hydrogen (secondary N) is 1. The number of fused-ring (bicyclic) bond motifs is 1. The van der Waals surface area contributed by atoms with E-state index in [2.05, 4.69) is 32.7 Å². The van der Waals surface area contributed by atoms with Crippen LogP contribution < -0.4 is 25.4 Å². The number of nitrogens with zero attached hydrogens (tertiary/aromatic N) is 5. The van der Waals surface area contributed by atoms with Crippen molar-refractivity contribution >= 4 is 86.1 Å². The van der Waals surface area contributed by atoms with Crippen molar-refractivity contribution in [3.63, 3.8) is 0 Å². The summed E-state index contributed by atoms with van der Waals surface area (Å²) in [5.74, 6) is 0.869. The van der Waals surface area contributed by atoms with Crippen molar-refractivity contribution < 1.29 is 28.5 Å². The van der Waals surface area contributed by atoms with Crippen molar-refractivity contribution in [2.24, 2.45) is 7.05 Å². The van der Waals surface area contributed by atoms with Crippen LogP contribution >= 0.6 is 0 Å². The number of nitrogens with two attached hydrogens (primary N) is 1. The molecule has 51 heavy (non-hydrogen) atoms. The van der Waals surface area contributed by atoms with Gasteiger partial charge >= 0.3 is 12.1 Å². The van der Waals surface area contributed by atoms with Crippen molar-refractivity contribution in [1.29, 1.82) is 0 Å². The van der Waals surface area contributed by atoms with E-state index in [0.29, 0.717) is 52.9 Å². The molecule has 0 radical (unpaired) electrons. The molecule has 0 fully saturated rings. The molecule has 0 bridgehead atoms. The minimum absolute atomic E-state index is 0.221. The number of carbonyl (C=O) groups is 2. The summed E-state index contributed by atoms with van der Waals surface area (Å²) < 4.78 is 24.2. The van der Waals surface area contributed by atoms with Crippen LogP contribution in [0, 0.1) is 0 Å². The van der Waals surface area contributed by atoms with Gasteiger partial charge < -0.3 is 44.4 Å². The second-order valence-electron chi connectivity index (χ2n) is 12.6. The Morgan fingerprint density at radius 1 is 1.06 bits per heavy atom. The third-order valence-corrected chi connectivity index (χ3v) is 9.52. The minimum Gasteiger partial charge on any atom is -0.495 e. The lowest BCUT2D eigenvalue weighted by molar-refractivity contribution is 0.0302. The first-order valence-electron chi connectivity index (χ1n) is 15.7. The number of rotatable bonds is 11. The summed E-state index contributed by atoms with van der Waals surface area (Å²) in [5.41, 5.74) is 9.81. The van der Waals surface area contributed by atoms with E-state index in [1.54, 1.807) is 47.2 Å². The van der Waals surface area contributed by atoms with Crippen LogP contribution in [-0.2, 0) is 56.7 Å². The Kier molecular flexibility index (Phi) is 14.7. The second kappa shape index (κ2) is 18.3. The largest absolute Gasteiger partial charge is 0.495 e. The molecule has 0 aliphatic rings. The molecule has 0 unspecified atom stereocenters. The van der Waals surface area contributed by atoms with Gasteiger partial charge in [0.25, 0.3) is 0 Å². The molecule has 276 valence electrons. The highest BCUT2D eigenvalue weighted by Crippen LogP contribution is 2.38. The first kappa shape index (κ1) is 41.1. The molecule has 1 amide bonds. The summed E-state index contributed by atoms with van der Waals surface area (Å²) in [6, 6.07) is 9.25. The predicted octanol–water partition coefficient (Wildman–Crippen LogP) is 5.84. The third-order valence-electron chi connectivity index (χ3n) is 7.30. The monoisotopic (exact) mass is 775 g/mol. The van der Waals surface area contributed by atoms with Gasteiger partial charge in [-0.3, -0.25) is 0 Å². The van der Waals surface area contributed by atoms with Gasteiger partial charge in [-0.25, -0.2) is 19.6 Å².